The highest BCUT2D eigenvalue weighted by molar-refractivity contribution is 5.88. The van der Waals surface area contributed by atoms with E-state index in [1.165, 1.54) is 7.11 Å². The van der Waals surface area contributed by atoms with Crippen LogP contribution in [-0.2, 0) is 14.3 Å². The lowest BCUT2D eigenvalue weighted by Crippen LogP contribution is -2.59. The number of carbonyl (C=O) groups is 2. The fraction of sp³-hybridized carbons (Fsp3) is 0.800. The molecule has 0 saturated heterocycles. The van der Waals surface area contributed by atoms with Gasteiger partial charge in [-0.1, -0.05) is 6.92 Å². The summed E-state index contributed by atoms with van der Waals surface area (Å²) in [6, 6.07) is 0. The van der Waals surface area contributed by atoms with Gasteiger partial charge in [-0.05, 0) is 25.7 Å². The van der Waals surface area contributed by atoms with Crippen molar-refractivity contribution in [3.05, 3.63) is 0 Å². The van der Waals surface area contributed by atoms with Crippen LogP contribution in [0.1, 0.15) is 39.0 Å². The molecule has 1 amide bonds. The first-order valence-corrected chi connectivity index (χ1v) is 5.04. The number of nitrogens with one attached hydrogen (secondary N) is 1. The summed E-state index contributed by atoms with van der Waals surface area (Å²) in [5.74, 6) is -0.370. The molecule has 4 heteroatoms. The molecule has 0 bridgehead atoms. The van der Waals surface area contributed by atoms with Gasteiger partial charge in [-0.3, -0.25) is 4.79 Å². The Morgan fingerprint density at radius 1 is 1.43 bits per heavy atom. The van der Waals surface area contributed by atoms with Gasteiger partial charge in [0.05, 0.1) is 7.11 Å². The van der Waals surface area contributed by atoms with Crippen molar-refractivity contribution in [1.29, 1.82) is 0 Å². The van der Waals surface area contributed by atoms with Gasteiger partial charge >= 0.3 is 5.97 Å². The molecule has 14 heavy (non-hydrogen) atoms. The number of amides is 1. The largest absolute Gasteiger partial charge is 0.467 e. The number of esters is 1. The second-order valence-electron chi connectivity index (χ2n) is 3.73. The molecule has 0 aromatic rings. The smallest absolute Gasteiger partial charge is 0.331 e. The highest BCUT2D eigenvalue weighted by Gasteiger charge is 2.46. The molecule has 4 nitrogen and oxygen atoms in total. The zero-order valence-corrected chi connectivity index (χ0v) is 8.76. The quantitative estimate of drug-likeness (QED) is 0.687. The van der Waals surface area contributed by atoms with E-state index in [0.717, 1.165) is 12.8 Å². The number of rotatable bonds is 4. The maximum absolute atomic E-state index is 11.4. The molecule has 1 N–H and O–H groups in total. The molecule has 1 fully saturated rings. The van der Waals surface area contributed by atoms with E-state index in [1.54, 1.807) is 0 Å². The van der Waals surface area contributed by atoms with Crippen LogP contribution in [0.2, 0.25) is 0 Å². The number of hydrogen-bond acceptors (Lipinski definition) is 3. The average molecular weight is 199 g/mol. The zero-order chi connectivity index (χ0) is 10.6. The van der Waals surface area contributed by atoms with Crippen LogP contribution in [0.25, 0.3) is 0 Å². The van der Waals surface area contributed by atoms with Gasteiger partial charge in [0.25, 0.3) is 0 Å². The third kappa shape index (κ3) is 2.05. The highest BCUT2D eigenvalue weighted by Crippen LogP contribution is 2.33. The van der Waals surface area contributed by atoms with Gasteiger partial charge < -0.3 is 10.1 Å². The Morgan fingerprint density at radius 2 is 2.07 bits per heavy atom. The van der Waals surface area contributed by atoms with E-state index in [2.05, 4.69) is 10.1 Å². The van der Waals surface area contributed by atoms with Crippen LogP contribution < -0.4 is 5.32 Å². The fourth-order valence-corrected chi connectivity index (χ4v) is 1.66. The number of carbonyl (C=O) groups excluding carboxylic acids is 2. The topological polar surface area (TPSA) is 55.4 Å². The SMILES string of the molecule is CCCC(=O)NC1(C(=O)OC)CCC1. The Balaban J connectivity index is 2.53. The van der Waals surface area contributed by atoms with Crippen LogP contribution in [0.5, 0.6) is 0 Å². The Hall–Kier alpha value is -1.06. The highest BCUT2D eigenvalue weighted by atomic mass is 16.5. The van der Waals surface area contributed by atoms with E-state index in [1.807, 2.05) is 6.92 Å². The van der Waals surface area contributed by atoms with Gasteiger partial charge in [0, 0.05) is 6.42 Å². The summed E-state index contributed by atoms with van der Waals surface area (Å²) in [6.45, 7) is 1.94. The van der Waals surface area contributed by atoms with Crippen LogP contribution in [0, 0.1) is 0 Å². The van der Waals surface area contributed by atoms with E-state index in [0.29, 0.717) is 19.3 Å². The maximum Gasteiger partial charge on any atom is 0.331 e. The Morgan fingerprint density at radius 3 is 2.43 bits per heavy atom. The lowest BCUT2D eigenvalue weighted by atomic mass is 9.76. The maximum atomic E-state index is 11.4. The van der Waals surface area contributed by atoms with Crippen molar-refractivity contribution in [3.63, 3.8) is 0 Å². The van der Waals surface area contributed by atoms with Gasteiger partial charge in [-0.25, -0.2) is 4.79 Å². The lowest BCUT2D eigenvalue weighted by Gasteiger charge is -2.39. The van der Waals surface area contributed by atoms with Gasteiger partial charge in [-0.2, -0.15) is 0 Å². The van der Waals surface area contributed by atoms with Gasteiger partial charge in [-0.15, -0.1) is 0 Å². The third-order valence-corrected chi connectivity index (χ3v) is 2.64. The summed E-state index contributed by atoms with van der Waals surface area (Å²) < 4.78 is 4.68. The number of methoxy groups -OCH3 is 1. The van der Waals surface area contributed by atoms with Crippen LogP contribution in [0.15, 0.2) is 0 Å². The first kappa shape index (κ1) is 11.0. The van der Waals surface area contributed by atoms with Crippen LogP contribution in [0.4, 0.5) is 0 Å². The zero-order valence-electron chi connectivity index (χ0n) is 8.76. The summed E-state index contributed by atoms with van der Waals surface area (Å²) in [5, 5.41) is 2.77. The van der Waals surface area contributed by atoms with Crippen LogP contribution in [-0.4, -0.2) is 24.5 Å². The average Bonchev–Trinajstić information content (AvgIpc) is 2.10. The van der Waals surface area contributed by atoms with Gasteiger partial charge in [0.1, 0.15) is 5.54 Å². The summed E-state index contributed by atoms with van der Waals surface area (Å²) >= 11 is 0. The lowest BCUT2D eigenvalue weighted by molar-refractivity contribution is -0.155. The van der Waals surface area contributed by atoms with E-state index >= 15 is 0 Å². The molecule has 0 radical (unpaired) electrons. The molecule has 0 unspecified atom stereocenters. The molecule has 0 aromatic heterocycles. The molecule has 1 saturated carbocycles. The van der Waals surface area contributed by atoms with Gasteiger partial charge in [0.15, 0.2) is 0 Å². The molecule has 1 aliphatic rings. The Labute approximate surface area is 84.0 Å². The van der Waals surface area contributed by atoms with Crippen molar-refractivity contribution in [2.75, 3.05) is 7.11 Å². The third-order valence-electron chi connectivity index (χ3n) is 2.64. The summed E-state index contributed by atoms with van der Waals surface area (Å²) in [4.78, 5) is 22.8. The van der Waals surface area contributed by atoms with Crippen molar-refractivity contribution < 1.29 is 14.3 Å². The molecule has 0 spiro atoms. The second kappa shape index (κ2) is 4.44. The van der Waals surface area contributed by atoms with Crippen molar-refractivity contribution >= 4 is 11.9 Å². The first-order chi connectivity index (χ1) is 6.64. The van der Waals surface area contributed by atoms with Crippen molar-refractivity contribution in [2.24, 2.45) is 0 Å². The molecule has 1 aliphatic carbocycles. The monoisotopic (exact) mass is 199 g/mol. The van der Waals surface area contributed by atoms with E-state index in [-0.39, 0.29) is 11.9 Å². The normalized spacial score (nSPS) is 18.1. The molecular formula is C10H17NO3. The first-order valence-electron chi connectivity index (χ1n) is 5.04. The minimum absolute atomic E-state index is 0.0578. The van der Waals surface area contributed by atoms with Gasteiger partial charge in [0.2, 0.25) is 5.91 Å². The molecule has 0 atom stereocenters. The summed E-state index contributed by atoms with van der Waals surface area (Å²) in [6.07, 6.45) is 3.65. The summed E-state index contributed by atoms with van der Waals surface area (Å²) in [7, 11) is 1.36. The minimum atomic E-state index is -0.707. The Bertz CT molecular complexity index is 234. The van der Waals surface area contributed by atoms with E-state index < -0.39 is 5.54 Å². The fourth-order valence-electron chi connectivity index (χ4n) is 1.66. The Kier molecular flexibility index (Phi) is 3.49. The molecule has 1 rings (SSSR count). The minimum Gasteiger partial charge on any atom is -0.467 e. The van der Waals surface area contributed by atoms with E-state index in [9.17, 15) is 9.59 Å². The predicted molar refractivity (Wildman–Crippen MR) is 51.6 cm³/mol. The molecule has 0 heterocycles. The second-order valence-corrected chi connectivity index (χ2v) is 3.73. The van der Waals surface area contributed by atoms with Crippen LogP contribution >= 0.6 is 0 Å². The molecule has 0 aromatic carbocycles. The number of hydrogen-bond donors (Lipinski definition) is 1. The van der Waals surface area contributed by atoms with Crippen molar-refractivity contribution in [2.45, 2.75) is 44.6 Å². The van der Waals surface area contributed by atoms with Crippen LogP contribution in [0.3, 0.4) is 0 Å². The molecular weight excluding hydrogens is 182 g/mol. The number of ether oxygens (including phenoxy) is 1. The van der Waals surface area contributed by atoms with E-state index in [4.69, 9.17) is 0 Å². The predicted octanol–water partition coefficient (Wildman–Crippen LogP) is 0.998. The summed E-state index contributed by atoms with van der Waals surface area (Å²) in [5.41, 5.74) is -0.707. The standard InChI is InChI=1S/C10H17NO3/c1-3-5-8(12)11-10(6-4-7-10)9(13)14-2/h3-7H2,1-2H3,(H,11,12). The van der Waals surface area contributed by atoms with Crippen molar-refractivity contribution in [1.82, 2.24) is 5.32 Å². The molecule has 80 valence electrons. The van der Waals surface area contributed by atoms with Crippen molar-refractivity contribution in [3.8, 4) is 0 Å². The molecule has 0 aliphatic heterocycles.